The lowest BCUT2D eigenvalue weighted by molar-refractivity contribution is 0.686. The number of aromatic nitrogens is 4. The number of fused-ring (bicyclic) bond motifs is 1. The molecule has 0 aliphatic heterocycles. The summed E-state index contributed by atoms with van der Waals surface area (Å²) in [7, 11) is 0. The molecule has 0 amide bonds. The molecule has 6 nitrogen and oxygen atoms in total. The third-order valence-corrected chi connectivity index (χ3v) is 3.90. The molecule has 3 rings (SSSR count). The molecule has 0 atom stereocenters. The molecule has 0 N–H and O–H groups in total. The predicted molar refractivity (Wildman–Crippen MR) is 87.3 cm³/mol. The molecule has 0 radical (unpaired) electrons. The zero-order valence-electron chi connectivity index (χ0n) is 12.5. The molecule has 0 spiro atoms. The minimum absolute atomic E-state index is 0.0908. The fourth-order valence-corrected chi connectivity index (χ4v) is 2.70. The fraction of sp³-hybridized carbons (Fsp3) is 0.250. The van der Waals surface area contributed by atoms with E-state index in [-0.39, 0.29) is 22.9 Å². The molecule has 0 bridgehead atoms. The van der Waals surface area contributed by atoms with Gasteiger partial charge in [-0.05, 0) is 29.7 Å². The van der Waals surface area contributed by atoms with E-state index in [9.17, 15) is 4.79 Å². The summed E-state index contributed by atoms with van der Waals surface area (Å²) in [5.41, 5.74) is 1.70. The first-order valence-electron chi connectivity index (χ1n) is 7.25. The van der Waals surface area contributed by atoms with Crippen molar-refractivity contribution < 1.29 is 0 Å². The van der Waals surface area contributed by atoms with Crippen molar-refractivity contribution in [3.8, 4) is 6.07 Å². The minimum Gasteiger partial charge on any atom is -0.315 e. The number of hydrogen-bond donors (Lipinski definition) is 0. The molecule has 1 aromatic carbocycles. The van der Waals surface area contributed by atoms with Crippen LogP contribution in [0.15, 0.2) is 35.4 Å². The summed E-state index contributed by atoms with van der Waals surface area (Å²) in [4.78, 5) is 21.1. The first kappa shape index (κ1) is 15.3. The van der Waals surface area contributed by atoms with Crippen molar-refractivity contribution >= 4 is 22.8 Å². The van der Waals surface area contributed by atoms with Crippen molar-refractivity contribution in [3.05, 3.63) is 57.4 Å². The fourth-order valence-electron chi connectivity index (χ4n) is 2.48. The highest BCUT2D eigenvalue weighted by Crippen LogP contribution is 2.15. The van der Waals surface area contributed by atoms with Gasteiger partial charge in [-0.15, -0.1) is 0 Å². The van der Waals surface area contributed by atoms with Gasteiger partial charge in [-0.2, -0.15) is 10.2 Å². The monoisotopic (exact) mass is 327 g/mol. The summed E-state index contributed by atoms with van der Waals surface area (Å²) in [5.74, 6) is 0. The molecule has 2 aromatic heterocycles. The number of imidazole rings is 1. The van der Waals surface area contributed by atoms with E-state index < -0.39 is 0 Å². The number of aryl methyl sites for hydroxylation is 1. The van der Waals surface area contributed by atoms with E-state index in [2.05, 4.69) is 16.0 Å². The minimum atomic E-state index is -0.303. The molecule has 7 heteroatoms. The standard InChI is InChI=1S/C16H14ClN5O/c1-2-7-21-10-19-13-14(21)20-16(17)22(15(13)23)9-12-6-4-3-5-11(12)8-18/h3-6,10H,2,7,9H2,1H3. The van der Waals surface area contributed by atoms with Gasteiger partial charge < -0.3 is 4.57 Å². The van der Waals surface area contributed by atoms with Gasteiger partial charge in [-0.25, -0.2) is 4.98 Å². The van der Waals surface area contributed by atoms with Gasteiger partial charge in [-0.1, -0.05) is 25.1 Å². The van der Waals surface area contributed by atoms with E-state index in [0.29, 0.717) is 16.8 Å². The molecule has 2 heterocycles. The smallest absolute Gasteiger partial charge is 0.282 e. The van der Waals surface area contributed by atoms with Crippen LogP contribution in [0.2, 0.25) is 5.28 Å². The van der Waals surface area contributed by atoms with Crippen molar-refractivity contribution in [2.75, 3.05) is 0 Å². The van der Waals surface area contributed by atoms with Gasteiger partial charge in [0.2, 0.25) is 5.28 Å². The maximum absolute atomic E-state index is 12.7. The van der Waals surface area contributed by atoms with Crippen molar-refractivity contribution in [1.29, 1.82) is 5.26 Å². The van der Waals surface area contributed by atoms with Crippen LogP contribution in [0, 0.1) is 11.3 Å². The maximum Gasteiger partial charge on any atom is 0.282 e. The third-order valence-electron chi connectivity index (χ3n) is 3.61. The van der Waals surface area contributed by atoms with Crippen LogP contribution in [-0.4, -0.2) is 19.1 Å². The summed E-state index contributed by atoms with van der Waals surface area (Å²) in [5, 5.41) is 9.26. The second-order valence-corrected chi connectivity index (χ2v) is 5.49. The third kappa shape index (κ3) is 2.71. The van der Waals surface area contributed by atoms with Crippen LogP contribution >= 0.6 is 11.6 Å². The van der Waals surface area contributed by atoms with Crippen molar-refractivity contribution in [2.24, 2.45) is 0 Å². The van der Waals surface area contributed by atoms with Crippen molar-refractivity contribution in [3.63, 3.8) is 0 Å². The second kappa shape index (κ2) is 6.23. The summed E-state index contributed by atoms with van der Waals surface area (Å²) in [6.45, 7) is 2.94. The van der Waals surface area contributed by atoms with Crippen LogP contribution in [0.5, 0.6) is 0 Å². The SMILES string of the molecule is CCCn1cnc2c(=O)n(Cc3ccccc3C#N)c(Cl)nc21. The number of nitrogens with zero attached hydrogens (tertiary/aromatic N) is 5. The Hall–Kier alpha value is -2.65. The Morgan fingerprint density at radius 3 is 2.87 bits per heavy atom. The van der Waals surface area contributed by atoms with Crippen LogP contribution in [0.4, 0.5) is 0 Å². The van der Waals surface area contributed by atoms with Gasteiger partial charge in [-0.3, -0.25) is 9.36 Å². The normalized spacial score (nSPS) is 10.8. The second-order valence-electron chi connectivity index (χ2n) is 5.15. The number of halogens is 1. The highest BCUT2D eigenvalue weighted by molar-refractivity contribution is 6.28. The molecular formula is C16H14ClN5O. The predicted octanol–water partition coefficient (Wildman–Crippen LogP) is 2.58. The zero-order chi connectivity index (χ0) is 16.4. The number of rotatable bonds is 4. The summed E-state index contributed by atoms with van der Waals surface area (Å²) in [6.07, 6.45) is 2.51. The Labute approximate surface area is 137 Å². The molecule has 23 heavy (non-hydrogen) atoms. The van der Waals surface area contributed by atoms with E-state index in [1.54, 1.807) is 24.5 Å². The van der Waals surface area contributed by atoms with Gasteiger partial charge in [0, 0.05) is 6.54 Å². The molecule has 0 saturated carbocycles. The quantitative estimate of drug-likeness (QED) is 0.690. The zero-order valence-corrected chi connectivity index (χ0v) is 13.3. The molecule has 3 aromatic rings. The Morgan fingerprint density at radius 1 is 1.35 bits per heavy atom. The van der Waals surface area contributed by atoms with Gasteiger partial charge in [0.15, 0.2) is 11.2 Å². The van der Waals surface area contributed by atoms with E-state index in [4.69, 9.17) is 16.9 Å². The molecule has 0 aliphatic rings. The van der Waals surface area contributed by atoms with Crippen LogP contribution in [0.3, 0.4) is 0 Å². The highest BCUT2D eigenvalue weighted by atomic mass is 35.5. The summed E-state index contributed by atoms with van der Waals surface area (Å²) < 4.78 is 3.15. The topological polar surface area (TPSA) is 76.5 Å². The average Bonchev–Trinajstić information content (AvgIpc) is 2.95. The van der Waals surface area contributed by atoms with E-state index >= 15 is 0 Å². The van der Waals surface area contributed by atoms with E-state index in [0.717, 1.165) is 13.0 Å². The molecule has 116 valence electrons. The van der Waals surface area contributed by atoms with Gasteiger partial charge in [0.25, 0.3) is 5.56 Å². The Kier molecular flexibility index (Phi) is 4.13. The molecule has 0 fully saturated rings. The van der Waals surface area contributed by atoms with E-state index in [1.807, 2.05) is 17.6 Å². The lowest BCUT2D eigenvalue weighted by Gasteiger charge is -2.09. The number of hydrogen-bond acceptors (Lipinski definition) is 4. The Bertz CT molecular complexity index is 967. The number of nitriles is 1. The summed E-state index contributed by atoms with van der Waals surface area (Å²) >= 11 is 6.21. The van der Waals surface area contributed by atoms with Crippen LogP contribution < -0.4 is 5.56 Å². The van der Waals surface area contributed by atoms with E-state index in [1.165, 1.54) is 4.57 Å². The van der Waals surface area contributed by atoms with Crippen LogP contribution in [0.25, 0.3) is 11.2 Å². The Balaban J connectivity index is 2.12. The van der Waals surface area contributed by atoms with Crippen LogP contribution in [-0.2, 0) is 13.1 Å². The lowest BCUT2D eigenvalue weighted by atomic mass is 10.1. The lowest BCUT2D eigenvalue weighted by Crippen LogP contribution is -2.23. The van der Waals surface area contributed by atoms with Gasteiger partial charge in [0.1, 0.15) is 0 Å². The Morgan fingerprint density at radius 2 is 2.13 bits per heavy atom. The molecule has 0 aliphatic carbocycles. The highest BCUT2D eigenvalue weighted by Gasteiger charge is 2.15. The molecule has 0 saturated heterocycles. The van der Waals surface area contributed by atoms with Crippen molar-refractivity contribution in [2.45, 2.75) is 26.4 Å². The average molecular weight is 328 g/mol. The number of benzene rings is 1. The molecule has 0 unspecified atom stereocenters. The summed E-state index contributed by atoms with van der Waals surface area (Å²) in [6, 6.07) is 9.21. The largest absolute Gasteiger partial charge is 0.315 e. The van der Waals surface area contributed by atoms with Gasteiger partial charge >= 0.3 is 0 Å². The maximum atomic E-state index is 12.7. The first-order chi connectivity index (χ1) is 11.2. The molecular weight excluding hydrogens is 314 g/mol. The van der Waals surface area contributed by atoms with Crippen LogP contribution in [0.1, 0.15) is 24.5 Å². The van der Waals surface area contributed by atoms with Crippen molar-refractivity contribution in [1.82, 2.24) is 19.1 Å². The first-order valence-corrected chi connectivity index (χ1v) is 7.62. The van der Waals surface area contributed by atoms with Gasteiger partial charge in [0.05, 0.1) is 24.5 Å².